The Hall–Kier alpha value is -3.91. The summed E-state index contributed by atoms with van der Waals surface area (Å²) in [6.07, 6.45) is 1.39. The second kappa shape index (κ2) is 7.98. The first kappa shape index (κ1) is 17.9. The number of hydrogen-bond acceptors (Lipinski definition) is 4. The lowest BCUT2D eigenvalue weighted by atomic mass is 10.1. The lowest BCUT2D eigenvalue weighted by Crippen LogP contribution is -2.13. The van der Waals surface area contributed by atoms with Crippen LogP contribution in [-0.2, 0) is 4.79 Å². The van der Waals surface area contributed by atoms with E-state index in [4.69, 9.17) is 4.42 Å². The standard InChI is InChI=1S/C22H16N2O3/c1-15(25)16-6-5-7-17(12-16)21-11-10-20(27-21)13-18(14-23)22(26)24-19-8-3-2-4-9-19/h2-13H,1H3,(H,24,26)/b18-13-. The van der Waals surface area contributed by atoms with Crippen LogP contribution in [0, 0.1) is 11.3 Å². The van der Waals surface area contributed by atoms with E-state index in [2.05, 4.69) is 5.32 Å². The molecule has 1 amide bonds. The molecule has 1 heterocycles. The van der Waals surface area contributed by atoms with Crippen LogP contribution in [-0.4, -0.2) is 11.7 Å². The summed E-state index contributed by atoms with van der Waals surface area (Å²) in [5, 5.41) is 12.0. The Bertz CT molecular complexity index is 1060. The first-order valence-corrected chi connectivity index (χ1v) is 8.26. The molecule has 0 aliphatic heterocycles. The fourth-order valence-electron chi connectivity index (χ4n) is 2.49. The van der Waals surface area contributed by atoms with Gasteiger partial charge in [0.2, 0.25) is 0 Å². The van der Waals surface area contributed by atoms with Gasteiger partial charge >= 0.3 is 0 Å². The average Bonchev–Trinajstić information content (AvgIpc) is 3.15. The number of carbonyl (C=O) groups excluding carboxylic acids is 2. The van der Waals surface area contributed by atoms with Crippen LogP contribution < -0.4 is 5.32 Å². The molecule has 132 valence electrons. The topological polar surface area (TPSA) is 83.1 Å². The molecule has 0 aliphatic rings. The fourth-order valence-corrected chi connectivity index (χ4v) is 2.49. The first-order valence-electron chi connectivity index (χ1n) is 8.26. The molecule has 0 aliphatic carbocycles. The molecule has 0 bridgehead atoms. The number of hydrogen-bond donors (Lipinski definition) is 1. The molecule has 0 unspecified atom stereocenters. The third kappa shape index (κ3) is 4.39. The molecule has 5 nitrogen and oxygen atoms in total. The van der Waals surface area contributed by atoms with Crippen molar-refractivity contribution in [2.75, 3.05) is 5.32 Å². The van der Waals surface area contributed by atoms with E-state index in [1.165, 1.54) is 13.0 Å². The van der Waals surface area contributed by atoms with E-state index >= 15 is 0 Å². The molecule has 1 N–H and O–H groups in total. The van der Waals surface area contributed by atoms with Crippen LogP contribution in [0.5, 0.6) is 0 Å². The van der Waals surface area contributed by atoms with Crippen molar-refractivity contribution in [3.8, 4) is 17.4 Å². The van der Waals surface area contributed by atoms with Crippen LogP contribution in [0.25, 0.3) is 17.4 Å². The van der Waals surface area contributed by atoms with Gasteiger partial charge in [0.05, 0.1) is 0 Å². The number of para-hydroxylation sites is 1. The summed E-state index contributed by atoms with van der Waals surface area (Å²) in [7, 11) is 0. The molecular formula is C22H16N2O3. The maximum Gasteiger partial charge on any atom is 0.266 e. The van der Waals surface area contributed by atoms with Crippen LogP contribution in [0.1, 0.15) is 23.0 Å². The zero-order valence-corrected chi connectivity index (χ0v) is 14.6. The molecule has 0 saturated heterocycles. The maximum absolute atomic E-state index is 12.3. The Labute approximate surface area is 156 Å². The smallest absolute Gasteiger partial charge is 0.266 e. The Morgan fingerprint density at radius 3 is 2.52 bits per heavy atom. The second-order valence-corrected chi connectivity index (χ2v) is 5.83. The van der Waals surface area contributed by atoms with E-state index in [9.17, 15) is 14.9 Å². The van der Waals surface area contributed by atoms with Crippen LogP contribution in [0.2, 0.25) is 0 Å². The maximum atomic E-state index is 12.3. The van der Waals surface area contributed by atoms with Gasteiger partial charge in [-0.3, -0.25) is 9.59 Å². The zero-order chi connectivity index (χ0) is 19.2. The summed E-state index contributed by atoms with van der Waals surface area (Å²) in [6.45, 7) is 1.50. The minimum atomic E-state index is -0.514. The van der Waals surface area contributed by atoms with Crippen molar-refractivity contribution in [3.63, 3.8) is 0 Å². The van der Waals surface area contributed by atoms with Crippen molar-refractivity contribution in [1.29, 1.82) is 5.26 Å². The van der Waals surface area contributed by atoms with Gasteiger partial charge in [0.15, 0.2) is 5.78 Å². The number of anilines is 1. The monoisotopic (exact) mass is 356 g/mol. The number of ketones is 1. The summed E-state index contributed by atoms with van der Waals surface area (Å²) in [4.78, 5) is 23.8. The Balaban J connectivity index is 1.82. The van der Waals surface area contributed by atoms with Crippen molar-refractivity contribution < 1.29 is 14.0 Å². The molecule has 0 spiro atoms. The molecule has 0 saturated carbocycles. The van der Waals surface area contributed by atoms with E-state index in [0.29, 0.717) is 22.8 Å². The van der Waals surface area contributed by atoms with Crippen molar-refractivity contribution in [1.82, 2.24) is 0 Å². The van der Waals surface area contributed by atoms with Crippen LogP contribution in [0.4, 0.5) is 5.69 Å². The predicted octanol–water partition coefficient (Wildman–Crippen LogP) is 4.69. The molecule has 3 aromatic rings. The largest absolute Gasteiger partial charge is 0.457 e. The van der Waals surface area contributed by atoms with Crippen LogP contribution >= 0.6 is 0 Å². The van der Waals surface area contributed by atoms with Gasteiger partial charge in [-0.05, 0) is 37.3 Å². The van der Waals surface area contributed by atoms with Crippen molar-refractivity contribution in [2.24, 2.45) is 0 Å². The van der Waals surface area contributed by atoms with E-state index in [1.807, 2.05) is 18.2 Å². The molecule has 27 heavy (non-hydrogen) atoms. The number of amides is 1. The fraction of sp³-hybridized carbons (Fsp3) is 0.0455. The SMILES string of the molecule is CC(=O)c1cccc(-c2ccc(/C=C(/C#N)C(=O)Nc3ccccc3)o2)c1. The number of nitrogens with zero attached hydrogens (tertiary/aromatic N) is 1. The van der Waals surface area contributed by atoms with E-state index in [-0.39, 0.29) is 11.4 Å². The molecular weight excluding hydrogens is 340 g/mol. The van der Waals surface area contributed by atoms with Gasteiger partial charge in [-0.1, -0.05) is 36.4 Å². The van der Waals surface area contributed by atoms with Gasteiger partial charge < -0.3 is 9.73 Å². The number of nitriles is 1. The van der Waals surface area contributed by atoms with Gasteiger partial charge in [-0.15, -0.1) is 0 Å². The van der Waals surface area contributed by atoms with Gasteiger partial charge in [0, 0.05) is 22.9 Å². The number of furan rings is 1. The summed E-state index contributed by atoms with van der Waals surface area (Å²) >= 11 is 0. The summed E-state index contributed by atoms with van der Waals surface area (Å²) in [5.41, 5.74) is 1.86. The Kier molecular flexibility index (Phi) is 5.29. The highest BCUT2D eigenvalue weighted by Gasteiger charge is 2.12. The van der Waals surface area contributed by atoms with Crippen molar-refractivity contribution in [2.45, 2.75) is 6.92 Å². The number of benzene rings is 2. The normalized spacial score (nSPS) is 10.9. The van der Waals surface area contributed by atoms with Gasteiger partial charge in [-0.25, -0.2) is 0 Å². The summed E-state index contributed by atoms with van der Waals surface area (Å²) in [6, 6.07) is 21.3. The highest BCUT2D eigenvalue weighted by molar-refractivity contribution is 6.09. The number of nitrogens with one attached hydrogen (secondary N) is 1. The van der Waals surface area contributed by atoms with Crippen LogP contribution in [0.15, 0.2) is 76.7 Å². The summed E-state index contributed by atoms with van der Waals surface area (Å²) in [5.74, 6) is 0.371. The minimum Gasteiger partial charge on any atom is -0.457 e. The predicted molar refractivity (Wildman–Crippen MR) is 103 cm³/mol. The molecule has 1 aromatic heterocycles. The average molecular weight is 356 g/mol. The molecule has 2 aromatic carbocycles. The van der Waals surface area contributed by atoms with E-state index in [1.54, 1.807) is 54.6 Å². The highest BCUT2D eigenvalue weighted by atomic mass is 16.3. The van der Waals surface area contributed by atoms with Gasteiger partial charge in [-0.2, -0.15) is 5.26 Å². The summed E-state index contributed by atoms with van der Waals surface area (Å²) < 4.78 is 5.72. The van der Waals surface area contributed by atoms with Crippen molar-refractivity contribution in [3.05, 3.63) is 83.6 Å². The Morgan fingerprint density at radius 1 is 1.04 bits per heavy atom. The van der Waals surface area contributed by atoms with Crippen molar-refractivity contribution >= 4 is 23.5 Å². The molecule has 0 atom stereocenters. The quantitative estimate of drug-likeness (QED) is 0.408. The number of Topliss-reactive ketones (excluding diaryl/α,β-unsaturated/α-hetero) is 1. The lowest BCUT2D eigenvalue weighted by molar-refractivity contribution is -0.112. The van der Waals surface area contributed by atoms with E-state index in [0.717, 1.165) is 5.56 Å². The number of carbonyl (C=O) groups is 2. The third-order valence-electron chi connectivity index (χ3n) is 3.86. The van der Waals surface area contributed by atoms with Gasteiger partial charge in [0.25, 0.3) is 5.91 Å². The van der Waals surface area contributed by atoms with Gasteiger partial charge in [0.1, 0.15) is 23.2 Å². The molecule has 0 radical (unpaired) electrons. The molecule has 5 heteroatoms. The van der Waals surface area contributed by atoms with Crippen LogP contribution in [0.3, 0.4) is 0 Å². The Morgan fingerprint density at radius 2 is 1.81 bits per heavy atom. The molecule has 0 fully saturated rings. The first-order chi connectivity index (χ1) is 13.1. The minimum absolute atomic E-state index is 0.0344. The second-order valence-electron chi connectivity index (χ2n) is 5.83. The van der Waals surface area contributed by atoms with E-state index < -0.39 is 5.91 Å². The highest BCUT2D eigenvalue weighted by Crippen LogP contribution is 2.24. The third-order valence-corrected chi connectivity index (χ3v) is 3.86. The lowest BCUT2D eigenvalue weighted by Gasteiger charge is -2.03. The zero-order valence-electron chi connectivity index (χ0n) is 14.6. The molecule has 3 rings (SSSR count). The number of rotatable bonds is 5.